The third kappa shape index (κ3) is 5.26. The Hall–Kier alpha value is -2.75. The molecule has 9 heteroatoms. The van der Waals surface area contributed by atoms with E-state index in [1.807, 2.05) is 42.6 Å². The van der Waals surface area contributed by atoms with Gasteiger partial charge in [-0.1, -0.05) is 0 Å². The number of rotatable bonds is 6. The minimum Gasteiger partial charge on any atom is -0.390 e. The van der Waals surface area contributed by atoms with Crippen LogP contribution in [0.25, 0.3) is 10.2 Å². The number of hydrogen-bond donors (Lipinski definition) is 5. The summed E-state index contributed by atoms with van der Waals surface area (Å²) in [5.41, 5.74) is 1.79. The van der Waals surface area contributed by atoms with Crippen LogP contribution in [0, 0.1) is 0 Å². The maximum Gasteiger partial charge on any atom is 0.251 e. The van der Waals surface area contributed by atoms with Gasteiger partial charge in [-0.2, -0.15) is 4.98 Å². The molecule has 2 aliphatic rings. The average Bonchev–Trinajstić information content (AvgIpc) is 3.48. The lowest BCUT2D eigenvalue weighted by molar-refractivity contribution is 0.0196. The number of aromatic nitrogens is 2. The van der Waals surface area contributed by atoms with Crippen LogP contribution in [0.2, 0.25) is 0 Å². The smallest absolute Gasteiger partial charge is 0.251 e. The Balaban J connectivity index is 1.28. The normalized spacial score (nSPS) is 25.2. The molecule has 0 radical (unpaired) electrons. The van der Waals surface area contributed by atoms with Crippen molar-refractivity contribution in [2.75, 3.05) is 23.7 Å². The fourth-order valence-corrected chi connectivity index (χ4v) is 5.26. The Morgan fingerprint density at radius 1 is 1.12 bits per heavy atom. The van der Waals surface area contributed by atoms with E-state index < -0.39 is 5.60 Å². The molecule has 1 aromatic carbocycles. The fourth-order valence-electron chi connectivity index (χ4n) is 4.48. The summed E-state index contributed by atoms with van der Waals surface area (Å²) in [6.45, 7) is 3.68. The Bertz CT molecular complexity index is 1110. The van der Waals surface area contributed by atoms with Gasteiger partial charge in [0.1, 0.15) is 5.82 Å². The molecule has 0 unspecified atom stereocenters. The van der Waals surface area contributed by atoms with Crippen molar-refractivity contribution in [3.8, 4) is 0 Å². The van der Waals surface area contributed by atoms with Crippen LogP contribution in [-0.4, -0.2) is 51.8 Å². The van der Waals surface area contributed by atoms with Gasteiger partial charge in [-0.15, -0.1) is 11.3 Å². The van der Waals surface area contributed by atoms with Crippen molar-refractivity contribution < 1.29 is 9.90 Å². The van der Waals surface area contributed by atoms with Crippen molar-refractivity contribution in [1.82, 2.24) is 20.6 Å². The van der Waals surface area contributed by atoms with Gasteiger partial charge in [0.25, 0.3) is 5.91 Å². The van der Waals surface area contributed by atoms with E-state index in [0.717, 1.165) is 66.9 Å². The molecule has 0 spiro atoms. The van der Waals surface area contributed by atoms with Crippen LogP contribution in [0.1, 0.15) is 49.4 Å². The number of hydrogen-bond acceptors (Lipinski definition) is 8. The second-order valence-corrected chi connectivity index (χ2v) is 10.2. The second-order valence-electron chi connectivity index (χ2n) is 9.31. The molecule has 2 fully saturated rings. The van der Waals surface area contributed by atoms with Crippen LogP contribution in [0.3, 0.4) is 0 Å². The molecule has 1 atom stereocenters. The predicted octanol–water partition coefficient (Wildman–Crippen LogP) is 3.63. The molecule has 5 rings (SSSR count). The fraction of sp³-hybridized carbons (Fsp3) is 0.458. The maximum atomic E-state index is 12.5. The molecular formula is C24H30N6O2S. The number of benzene rings is 1. The molecule has 8 nitrogen and oxygen atoms in total. The lowest BCUT2D eigenvalue weighted by Gasteiger charge is -2.33. The Labute approximate surface area is 197 Å². The monoisotopic (exact) mass is 466 g/mol. The van der Waals surface area contributed by atoms with Crippen LogP contribution in [-0.2, 0) is 0 Å². The van der Waals surface area contributed by atoms with Crippen LogP contribution < -0.4 is 21.3 Å². The van der Waals surface area contributed by atoms with E-state index in [1.54, 1.807) is 11.3 Å². The molecule has 174 valence electrons. The Morgan fingerprint density at radius 3 is 2.64 bits per heavy atom. The Morgan fingerprint density at radius 2 is 1.91 bits per heavy atom. The summed E-state index contributed by atoms with van der Waals surface area (Å²) in [7, 11) is 0. The van der Waals surface area contributed by atoms with Gasteiger partial charge in [0.15, 0.2) is 0 Å². The molecule has 1 aliphatic heterocycles. The SMILES string of the molecule is CC1(O)CCC(Nc2nc(Nc3ccc(C(=O)N[C@@H]4CCNC4)cc3)nc3ccsc23)CC1. The molecule has 1 aliphatic carbocycles. The highest BCUT2D eigenvalue weighted by atomic mass is 32.1. The van der Waals surface area contributed by atoms with Crippen molar-refractivity contribution in [3.05, 3.63) is 41.3 Å². The highest BCUT2D eigenvalue weighted by Crippen LogP contribution is 2.33. The first-order valence-electron chi connectivity index (χ1n) is 11.6. The van der Waals surface area contributed by atoms with E-state index in [-0.39, 0.29) is 18.0 Å². The standard InChI is InChI=1S/C24H30N6O2S/c1-24(32)10-6-17(7-11-24)26-21-20-19(9-13-33-20)29-23(30-21)28-16-4-2-15(3-5-16)22(31)27-18-8-12-25-14-18/h2-5,9,13,17-18,25,32H,6-8,10-12,14H2,1H3,(H,27,31)(H2,26,28,29,30)/t17?,18-,24?/m1/s1. The van der Waals surface area contributed by atoms with Gasteiger partial charge >= 0.3 is 0 Å². The predicted molar refractivity (Wildman–Crippen MR) is 132 cm³/mol. The largest absolute Gasteiger partial charge is 0.390 e. The summed E-state index contributed by atoms with van der Waals surface area (Å²) in [6.07, 6.45) is 4.35. The highest BCUT2D eigenvalue weighted by molar-refractivity contribution is 7.17. The van der Waals surface area contributed by atoms with Crippen molar-refractivity contribution in [1.29, 1.82) is 0 Å². The number of thiophene rings is 1. The third-order valence-corrected chi connectivity index (χ3v) is 7.42. The van der Waals surface area contributed by atoms with Crippen molar-refractivity contribution in [3.63, 3.8) is 0 Å². The van der Waals surface area contributed by atoms with Gasteiger partial charge in [-0.3, -0.25) is 4.79 Å². The Kier molecular flexibility index (Phi) is 6.18. The minimum atomic E-state index is -0.564. The topological polar surface area (TPSA) is 111 Å². The third-order valence-electron chi connectivity index (χ3n) is 6.51. The highest BCUT2D eigenvalue weighted by Gasteiger charge is 2.29. The minimum absolute atomic E-state index is 0.0517. The molecule has 3 heterocycles. The van der Waals surface area contributed by atoms with Crippen LogP contribution in [0.5, 0.6) is 0 Å². The van der Waals surface area contributed by atoms with Crippen molar-refractivity contribution in [2.45, 2.75) is 56.7 Å². The quantitative estimate of drug-likeness (QED) is 0.377. The van der Waals surface area contributed by atoms with Crippen LogP contribution in [0.4, 0.5) is 17.5 Å². The molecule has 5 N–H and O–H groups in total. The first kappa shape index (κ1) is 22.1. The molecule has 2 aromatic heterocycles. The summed E-state index contributed by atoms with van der Waals surface area (Å²) in [5.74, 6) is 1.29. The van der Waals surface area contributed by atoms with Crippen LogP contribution >= 0.6 is 11.3 Å². The molecule has 33 heavy (non-hydrogen) atoms. The zero-order chi connectivity index (χ0) is 22.8. The summed E-state index contributed by atoms with van der Waals surface area (Å²) in [5, 5.41) is 25.4. The second kappa shape index (κ2) is 9.24. The summed E-state index contributed by atoms with van der Waals surface area (Å²) in [6, 6.07) is 9.86. The summed E-state index contributed by atoms with van der Waals surface area (Å²) >= 11 is 1.62. The molecule has 0 bridgehead atoms. The number of carbonyl (C=O) groups is 1. The van der Waals surface area contributed by atoms with E-state index in [0.29, 0.717) is 11.5 Å². The lowest BCUT2D eigenvalue weighted by Crippen LogP contribution is -2.36. The van der Waals surface area contributed by atoms with E-state index in [1.165, 1.54) is 0 Å². The van der Waals surface area contributed by atoms with Gasteiger partial charge in [-0.05, 0) is 81.3 Å². The number of carbonyl (C=O) groups excluding carboxylic acids is 1. The lowest BCUT2D eigenvalue weighted by atomic mass is 9.84. The van der Waals surface area contributed by atoms with Gasteiger partial charge in [0.2, 0.25) is 5.95 Å². The number of nitrogens with one attached hydrogen (secondary N) is 4. The van der Waals surface area contributed by atoms with Gasteiger partial charge in [0.05, 0.1) is 15.8 Å². The molecule has 3 aromatic rings. The summed E-state index contributed by atoms with van der Waals surface area (Å²) in [4.78, 5) is 21.9. The number of nitrogens with zero attached hydrogens (tertiary/aromatic N) is 2. The van der Waals surface area contributed by atoms with Gasteiger partial charge in [0, 0.05) is 29.9 Å². The average molecular weight is 467 g/mol. The van der Waals surface area contributed by atoms with Gasteiger partial charge in [-0.25, -0.2) is 4.98 Å². The van der Waals surface area contributed by atoms with Crippen molar-refractivity contribution in [2.24, 2.45) is 0 Å². The number of fused-ring (bicyclic) bond motifs is 1. The first-order valence-corrected chi connectivity index (χ1v) is 12.5. The molecule has 1 saturated carbocycles. The maximum absolute atomic E-state index is 12.5. The van der Waals surface area contributed by atoms with E-state index >= 15 is 0 Å². The number of aliphatic hydroxyl groups is 1. The van der Waals surface area contributed by atoms with Gasteiger partial charge < -0.3 is 26.4 Å². The summed E-state index contributed by atoms with van der Waals surface area (Å²) < 4.78 is 1.03. The molecular weight excluding hydrogens is 436 g/mol. The van der Waals surface area contributed by atoms with E-state index in [9.17, 15) is 9.90 Å². The zero-order valence-electron chi connectivity index (χ0n) is 18.7. The van der Waals surface area contributed by atoms with Crippen molar-refractivity contribution >= 4 is 44.9 Å². The first-order chi connectivity index (χ1) is 15.9. The van der Waals surface area contributed by atoms with E-state index in [2.05, 4.69) is 26.3 Å². The van der Waals surface area contributed by atoms with E-state index in [4.69, 9.17) is 4.98 Å². The number of amides is 1. The number of anilines is 3. The molecule has 1 saturated heterocycles. The van der Waals surface area contributed by atoms with Crippen LogP contribution in [0.15, 0.2) is 35.7 Å². The molecule has 1 amide bonds. The zero-order valence-corrected chi connectivity index (χ0v) is 19.5.